The number of nitrogens with zero attached hydrogens (tertiary/aromatic N) is 2. The molecule has 3 heteroatoms. The topological polar surface area (TPSA) is 31.0 Å². The molecule has 0 spiro atoms. The van der Waals surface area contributed by atoms with Crippen molar-refractivity contribution >= 4 is 76.2 Å². The molecule has 0 saturated carbocycles. The highest BCUT2D eigenvalue weighted by Gasteiger charge is 2.23. The number of hydrogen-bond donors (Lipinski definition) is 0. The van der Waals surface area contributed by atoms with Gasteiger partial charge in [-0.2, -0.15) is 0 Å². The van der Waals surface area contributed by atoms with Crippen LogP contribution >= 0.6 is 0 Å². The van der Waals surface area contributed by atoms with E-state index in [2.05, 4.69) is 168 Å². The highest BCUT2D eigenvalue weighted by atomic mass is 16.3. The minimum Gasteiger partial charge on any atom is -0.454 e. The van der Waals surface area contributed by atoms with Crippen molar-refractivity contribution < 1.29 is 4.42 Å². The molecule has 0 N–H and O–H groups in total. The first-order chi connectivity index (χ1) is 24.8. The molecule has 0 saturated heterocycles. The van der Waals surface area contributed by atoms with Crippen LogP contribution in [0, 0.1) is 0 Å². The Balaban J connectivity index is 1.14. The Labute approximate surface area is 287 Å². The van der Waals surface area contributed by atoms with Crippen molar-refractivity contribution in [2.45, 2.75) is 0 Å². The van der Waals surface area contributed by atoms with Gasteiger partial charge < -0.3 is 4.42 Å². The van der Waals surface area contributed by atoms with Crippen molar-refractivity contribution in [3.8, 4) is 28.1 Å². The third-order valence-electron chi connectivity index (χ3n) is 10.4. The van der Waals surface area contributed by atoms with Crippen LogP contribution in [0.25, 0.3) is 104 Å². The Morgan fingerprint density at radius 3 is 1.66 bits per heavy atom. The molecule has 0 atom stereocenters. The van der Waals surface area contributed by atoms with Crippen molar-refractivity contribution in [3.63, 3.8) is 0 Å². The lowest BCUT2D eigenvalue weighted by Gasteiger charge is -2.12. The van der Waals surface area contributed by atoms with E-state index in [1.807, 2.05) is 6.07 Å². The maximum absolute atomic E-state index is 6.68. The number of rotatable bonds is 3. The van der Waals surface area contributed by atoms with Gasteiger partial charge in [-0.1, -0.05) is 140 Å². The molecule has 0 aliphatic heterocycles. The summed E-state index contributed by atoms with van der Waals surface area (Å²) in [6.45, 7) is 0. The number of para-hydroxylation sites is 3. The highest BCUT2D eigenvalue weighted by Crippen LogP contribution is 2.44. The normalized spacial score (nSPS) is 12.0. The van der Waals surface area contributed by atoms with Crippen LogP contribution in [0.5, 0.6) is 0 Å². The monoisotopic (exact) mass is 636 g/mol. The predicted octanol–water partition coefficient (Wildman–Crippen LogP) is 12.9. The lowest BCUT2D eigenvalue weighted by Crippen LogP contribution is -1.96. The summed E-state index contributed by atoms with van der Waals surface area (Å²) in [4.78, 5) is 5.46. The first-order valence-corrected chi connectivity index (χ1v) is 17.1. The highest BCUT2D eigenvalue weighted by molar-refractivity contribution is 6.28. The van der Waals surface area contributed by atoms with Gasteiger partial charge in [-0.15, -0.1) is 0 Å². The van der Waals surface area contributed by atoms with Gasteiger partial charge in [0.1, 0.15) is 16.9 Å². The number of furan rings is 1. The van der Waals surface area contributed by atoms with Crippen LogP contribution in [0.1, 0.15) is 0 Å². The minimum absolute atomic E-state index is 0.812. The second kappa shape index (κ2) is 10.4. The van der Waals surface area contributed by atoms with Crippen LogP contribution in [0.4, 0.5) is 0 Å². The largest absolute Gasteiger partial charge is 0.454 e. The predicted molar refractivity (Wildman–Crippen MR) is 209 cm³/mol. The molecule has 3 nitrogen and oxygen atoms in total. The molecule has 50 heavy (non-hydrogen) atoms. The number of hydrogen-bond acceptors (Lipinski definition) is 2. The summed E-state index contributed by atoms with van der Waals surface area (Å²) in [6.07, 6.45) is 0. The maximum Gasteiger partial charge on any atom is 0.162 e. The molecule has 0 fully saturated rings. The molecule has 232 valence electrons. The van der Waals surface area contributed by atoms with Gasteiger partial charge in [-0.05, 0) is 73.8 Å². The van der Waals surface area contributed by atoms with Crippen molar-refractivity contribution in [1.29, 1.82) is 0 Å². The summed E-state index contributed by atoms with van der Waals surface area (Å²) in [6, 6.07) is 60.6. The molecule has 0 bridgehead atoms. The van der Waals surface area contributed by atoms with Gasteiger partial charge in [0.25, 0.3) is 0 Å². The Bertz CT molecular complexity index is 3100. The average Bonchev–Trinajstić information content (AvgIpc) is 3.74. The van der Waals surface area contributed by atoms with E-state index < -0.39 is 0 Å². The second-order valence-corrected chi connectivity index (χ2v) is 13.1. The molecule has 0 aliphatic rings. The van der Waals surface area contributed by atoms with Gasteiger partial charge in [0.15, 0.2) is 5.58 Å². The number of fused-ring (bicyclic) bond motifs is 13. The Hall–Kier alpha value is -6.71. The zero-order chi connectivity index (χ0) is 32.8. The van der Waals surface area contributed by atoms with Crippen molar-refractivity contribution in [2.75, 3.05) is 0 Å². The van der Waals surface area contributed by atoms with Crippen LogP contribution in [-0.4, -0.2) is 9.55 Å². The van der Waals surface area contributed by atoms with Gasteiger partial charge in [0, 0.05) is 32.8 Å². The maximum atomic E-state index is 6.68. The first kappa shape index (κ1) is 27.3. The fraction of sp³-hybridized carbons (Fsp3) is 0. The minimum atomic E-state index is 0.812. The molecule has 0 amide bonds. The van der Waals surface area contributed by atoms with Crippen molar-refractivity contribution in [3.05, 3.63) is 170 Å². The van der Waals surface area contributed by atoms with E-state index in [0.717, 1.165) is 66.4 Å². The third-order valence-corrected chi connectivity index (χ3v) is 10.4. The zero-order valence-corrected chi connectivity index (χ0v) is 27.0. The van der Waals surface area contributed by atoms with Gasteiger partial charge in [0.2, 0.25) is 0 Å². The molecule has 11 aromatic rings. The lowest BCUT2D eigenvalue weighted by molar-refractivity contribution is 0.668. The Morgan fingerprint density at radius 1 is 0.400 bits per heavy atom. The number of benzene rings is 8. The quantitative estimate of drug-likeness (QED) is 0.181. The van der Waals surface area contributed by atoms with E-state index in [1.165, 1.54) is 37.9 Å². The summed E-state index contributed by atoms with van der Waals surface area (Å²) in [5.74, 6) is 0. The second-order valence-electron chi connectivity index (χ2n) is 13.1. The third kappa shape index (κ3) is 3.83. The number of aromatic nitrogens is 2. The first-order valence-electron chi connectivity index (χ1n) is 17.1. The van der Waals surface area contributed by atoms with E-state index in [0.29, 0.717) is 0 Å². The lowest BCUT2D eigenvalue weighted by atomic mass is 9.92. The van der Waals surface area contributed by atoms with Crippen molar-refractivity contribution in [1.82, 2.24) is 9.55 Å². The van der Waals surface area contributed by atoms with E-state index in [9.17, 15) is 0 Å². The molecule has 11 rings (SSSR count). The zero-order valence-electron chi connectivity index (χ0n) is 27.0. The Kier molecular flexibility index (Phi) is 5.67. The molecule has 3 heterocycles. The van der Waals surface area contributed by atoms with Crippen LogP contribution in [0.3, 0.4) is 0 Å². The summed E-state index contributed by atoms with van der Waals surface area (Å²) >= 11 is 0. The van der Waals surface area contributed by atoms with E-state index in [4.69, 9.17) is 9.40 Å². The van der Waals surface area contributed by atoms with Gasteiger partial charge >= 0.3 is 0 Å². The fourth-order valence-electron chi connectivity index (χ4n) is 8.14. The fourth-order valence-corrected chi connectivity index (χ4v) is 8.14. The summed E-state index contributed by atoms with van der Waals surface area (Å²) in [5.41, 5.74) is 9.00. The van der Waals surface area contributed by atoms with Gasteiger partial charge in [-0.25, -0.2) is 4.98 Å². The molecular weight excluding hydrogens is 609 g/mol. The van der Waals surface area contributed by atoms with E-state index in [1.54, 1.807) is 0 Å². The van der Waals surface area contributed by atoms with Gasteiger partial charge in [0.05, 0.1) is 5.52 Å². The smallest absolute Gasteiger partial charge is 0.162 e. The average molecular weight is 637 g/mol. The standard InChI is InChI=1S/C47H28N2O/c1-2-12-32(13-3-1)49-41-20-10-8-18-38(41)44-43-39-19-9-11-21-42(39)50-46(43)45(48-47(44)49)30-24-22-29(23-25-30)31-26-27-37-35-16-5-4-14-33(35)34-15-6-7-17-36(34)40(37)28-31/h1-28H. The summed E-state index contributed by atoms with van der Waals surface area (Å²) < 4.78 is 8.96. The molecule has 8 aromatic carbocycles. The molecular formula is C47H28N2O. The summed E-state index contributed by atoms with van der Waals surface area (Å²) in [7, 11) is 0. The molecule has 0 aliphatic carbocycles. The molecule has 3 aromatic heterocycles. The van der Waals surface area contributed by atoms with Gasteiger partial charge in [-0.3, -0.25) is 4.57 Å². The summed E-state index contributed by atoms with van der Waals surface area (Å²) in [5, 5.41) is 12.2. The molecule has 0 radical (unpaired) electrons. The van der Waals surface area contributed by atoms with E-state index in [-0.39, 0.29) is 0 Å². The van der Waals surface area contributed by atoms with Crippen molar-refractivity contribution in [2.24, 2.45) is 0 Å². The van der Waals surface area contributed by atoms with Crippen LogP contribution in [0.15, 0.2) is 174 Å². The molecule has 0 unspecified atom stereocenters. The van der Waals surface area contributed by atoms with Crippen LogP contribution in [-0.2, 0) is 0 Å². The Morgan fingerprint density at radius 2 is 0.940 bits per heavy atom. The SMILES string of the molecule is c1ccc(-n2c3ccccc3c3c4c(oc5ccccc54)c(-c4ccc(-c5ccc6c7ccccc7c7ccccc7c6c5)cc4)nc32)cc1. The van der Waals surface area contributed by atoms with E-state index >= 15 is 0 Å². The number of pyridine rings is 1. The van der Waals surface area contributed by atoms with Crippen LogP contribution < -0.4 is 0 Å². The van der Waals surface area contributed by atoms with Crippen LogP contribution in [0.2, 0.25) is 0 Å².